The molecule has 2 unspecified atom stereocenters. The van der Waals surface area contributed by atoms with Gasteiger partial charge in [0.2, 0.25) is 0 Å². The number of rotatable bonds is 1. The minimum Gasteiger partial charge on any atom is -0.438 e. The first-order valence-electron chi connectivity index (χ1n) is 3.83. The van der Waals surface area contributed by atoms with Gasteiger partial charge in [-0.05, 0) is 12.8 Å². The monoisotopic (exact) mass is 172 g/mol. The topological polar surface area (TPSA) is 55.8 Å². The maximum absolute atomic E-state index is 10.6. The molecule has 4 nitrogen and oxygen atoms in total. The smallest absolute Gasteiger partial charge is 0.438 e. The predicted octanol–water partition coefficient (Wildman–Crippen LogP) is 0.849. The van der Waals surface area contributed by atoms with Crippen molar-refractivity contribution in [2.24, 2.45) is 0 Å². The van der Waals surface area contributed by atoms with Crippen molar-refractivity contribution >= 4 is 6.16 Å². The number of methoxy groups -OCH3 is 1. The molecule has 68 valence electrons. The Morgan fingerprint density at radius 2 is 2.42 bits per heavy atom. The summed E-state index contributed by atoms with van der Waals surface area (Å²) in [5.41, 5.74) is 0. The van der Waals surface area contributed by atoms with E-state index < -0.39 is 18.4 Å². The molecule has 0 aliphatic heterocycles. The Morgan fingerprint density at radius 3 is 3.00 bits per heavy atom. The molecule has 0 amide bonds. The van der Waals surface area contributed by atoms with Gasteiger partial charge in [0, 0.05) is 0 Å². The summed E-state index contributed by atoms with van der Waals surface area (Å²) in [6.07, 6.45) is 3.05. The van der Waals surface area contributed by atoms with E-state index in [4.69, 9.17) is 4.74 Å². The molecule has 1 N–H and O–H groups in total. The average molecular weight is 172 g/mol. The summed E-state index contributed by atoms with van der Waals surface area (Å²) in [6.45, 7) is 0. The lowest BCUT2D eigenvalue weighted by Gasteiger charge is -2.22. The first-order chi connectivity index (χ1) is 5.74. The maximum atomic E-state index is 10.6. The van der Waals surface area contributed by atoms with Crippen molar-refractivity contribution in [1.29, 1.82) is 0 Å². The Labute approximate surface area is 70.8 Å². The van der Waals surface area contributed by atoms with Gasteiger partial charge in [-0.15, -0.1) is 0 Å². The van der Waals surface area contributed by atoms with Gasteiger partial charge in [-0.2, -0.15) is 0 Å². The molecule has 0 radical (unpaired) electrons. The number of allylic oxidation sites excluding steroid dienone is 1. The van der Waals surface area contributed by atoms with Gasteiger partial charge in [-0.3, -0.25) is 0 Å². The molecule has 0 fully saturated rings. The molecule has 0 aromatic carbocycles. The van der Waals surface area contributed by atoms with Crippen LogP contribution in [0.2, 0.25) is 0 Å². The fraction of sp³-hybridized carbons (Fsp3) is 0.625. The molecule has 4 heteroatoms. The minimum atomic E-state index is -0.741. The van der Waals surface area contributed by atoms with E-state index in [0.717, 1.165) is 6.42 Å². The van der Waals surface area contributed by atoms with E-state index in [9.17, 15) is 9.90 Å². The van der Waals surface area contributed by atoms with Crippen molar-refractivity contribution in [3.05, 3.63) is 12.2 Å². The molecule has 0 bridgehead atoms. The van der Waals surface area contributed by atoms with Crippen LogP contribution in [0.3, 0.4) is 0 Å². The summed E-state index contributed by atoms with van der Waals surface area (Å²) in [5, 5.41) is 9.29. The standard InChI is InChI=1S/C8H12O4/c1-11-8(10)12-7-5-3-2-4-6(7)9/h2,4,6-7,9H,3,5H2,1H3. The van der Waals surface area contributed by atoms with E-state index in [1.165, 1.54) is 7.11 Å². The van der Waals surface area contributed by atoms with Crippen LogP contribution in [-0.2, 0) is 9.47 Å². The molecule has 0 spiro atoms. The van der Waals surface area contributed by atoms with Crippen molar-refractivity contribution < 1.29 is 19.4 Å². The van der Waals surface area contributed by atoms with Crippen LogP contribution < -0.4 is 0 Å². The lowest BCUT2D eigenvalue weighted by Crippen LogP contribution is -2.31. The first-order valence-corrected chi connectivity index (χ1v) is 3.83. The van der Waals surface area contributed by atoms with E-state index in [0.29, 0.717) is 6.42 Å². The number of aliphatic hydroxyl groups excluding tert-OH is 1. The lowest BCUT2D eigenvalue weighted by atomic mass is 10.0. The number of ether oxygens (including phenoxy) is 2. The van der Waals surface area contributed by atoms with Gasteiger partial charge < -0.3 is 14.6 Å². The van der Waals surface area contributed by atoms with Crippen molar-refractivity contribution in [3.63, 3.8) is 0 Å². The van der Waals surface area contributed by atoms with Gasteiger partial charge in [-0.1, -0.05) is 12.2 Å². The average Bonchev–Trinajstić information content (AvgIpc) is 2.09. The Hall–Kier alpha value is -1.03. The van der Waals surface area contributed by atoms with Gasteiger partial charge in [0.05, 0.1) is 7.11 Å². The second-order valence-corrected chi connectivity index (χ2v) is 2.61. The highest BCUT2D eigenvalue weighted by atomic mass is 16.7. The van der Waals surface area contributed by atoms with Crippen LogP contribution in [0.4, 0.5) is 4.79 Å². The molecular formula is C8H12O4. The van der Waals surface area contributed by atoms with Crippen molar-refractivity contribution in [2.45, 2.75) is 25.0 Å². The van der Waals surface area contributed by atoms with Crippen molar-refractivity contribution in [1.82, 2.24) is 0 Å². The SMILES string of the molecule is COC(=O)OC1CCC=CC1O. The summed E-state index contributed by atoms with van der Waals surface area (Å²) in [7, 11) is 1.24. The molecule has 0 aromatic heterocycles. The first kappa shape index (κ1) is 9.06. The zero-order chi connectivity index (χ0) is 8.97. The quantitative estimate of drug-likeness (QED) is 0.470. The Bertz CT molecular complexity index is 187. The maximum Gasteiger partial charge on any atom is 0.508 e. The number of hydrogen-bond donors (Lipinski definition) is 1. The summed E-state index contributed by atoms with van der Waals surface area (Å²) in [5.74, 6) is 0. The number of hydrogen-bond acceptors (Lipinski definition) is 4. The van der Waals surface area contributed by atoms with Gasteiger partial charge in [0.1, 0.15) is 12.2 Å². The molecule has 0 heterocycles. The van der Waals surface area contributed by atoms with Crippen LogP contribution in [0.25, 0.3) is 0 Å². The number of carbonyl (C=O) groups is 1. The second kappa shape index (κ2) is 4.11. The minimum absolute atomic E-state index is 0.456. The molecule has 0 saturated carbocycles. The molecule has 1 aliphatic carbocycles. The molecular weight excluding hydrogens is 160 g/mol. The Kier molecular flexibility index (Phi) is 3.10. The highest BCUT2D eigenvalue weighted by Gasteiger charge is 2.23. The molecule has 0 aromatic rings. The largest absolute Gasteiger partial charge is 0.508 e. The van der Waals surface area contributed by atoms with Gasteiger partial charge in [-0.25, -0.2) is 4.79 Å². The normalized spacial score (nSPS) is 28.2. The summed E-state index contributed by atoms with van der Waals surface area (Å²) < 4.78 is 9.10. The van der Waals surface area contributed by atoms with E-state index in [-0.39, 0.29) is 0 Å². The zero-order valence-electron chi connectivity index (χ0n) is 6.90. The highest BCUT2D eigenvalue weighted by molar-refractivity contribution is 5.59. The summed E-state index contributed by atoms with van der Waals surface area (Å²) in [4.78, 5) is 10.6. The summed E-state index contributed by atoms with van der Waals surface area (Å²) >= 11 is 0. The van der Waals surface area contributed by atoms with Crippen LogP contribution in [0.15, 0.2) is 12.2 Å². The molecule has 12 heavy (non-hydrogen) atoms. The van der Waals surface area contributed by atoms with E-state index in [1.807, 2.05) is 6.08 Å². The van der Waals surface area contributed by atoms with Crippen molar-refractivity contribution in [3.8, 4) is 0 Å². The lowest BCUT2D eigenvalue weighted by molar-refractivity contribution is -0.0149. The molecule has 0 saturated heterocycles. The van der Waals surface area contributed by atoms with Crippen LogP contribution >= 0.6 is 0 Å². The van der Waals surface area contributed by atoms with E-state index in [2.05, 4.69) is 4.74 Å². The van der Waals surface area contributed by atoms with E-state index in [1.54, 1.807) is 6.08 Å². The van der Waals surface area contributed by atoms with Crippen LogP contribution in [-0.4, -0.2) is 30.6 Å². The van der Waals surface area contributed by atoms with Crippen LogP contribution in [0, 0.1) is 0 Å². The van der Waals surface area contributed by atoms with E-state index >= 15 is 0 Å². The summed E-state index contributed by atoms with van der Waals surface area (Å²) in [6, 6.07) is 0. The Balaban J connectivity index is 2.41. The third-order valence-corrected chi connectivity index (χ3v) is 1.75. The van der Waals surface area contributed by atoms with Crippen molar-refractivity contribution in [2.75, 3.05) is 7.11 Å². The molecule has 1 aliphatic rings. The zero-order valence-corrected chi connectivity index (χ0v) is 6.90. The fourth-order valence-corrected chi connectivity index (χ4v) is 1.09. The van der Waals surface area contributed by atoms with Gasteiger partial charge >= 0.3 is 6.16 Å². The predicted molar refractivity (Wildman–Crippen MR) is 41.7 cm³/mol. The number of aliphatic hydroxyl groups is 1. The fourth-order valence-electron chi connectivity index (χ4n) is 1.09. The number of carbonyl (C=O) groups excluding carboxylic acids is 1. The molecule has 2 atom stereocenters. The Morgan fingerprint density at radius 1 is 1.67 bits per heavy atom. The van der Waals surface area contributed by atoms with Crippen LogP contribution in [0.1, 0.15) is 12.8 Å². The van der Waals surface area contributed by atoms with Crippen LogP contribution in [0.5, 0.6) is 0 Å². The highest BCUT2D eigenvalue weighted by Crippen LogP contribution is 2.15. The molecule has 1 rings (SSSR count). The third kappa shape index (κ3) is 2.23. The second-order valence-electron chi connectivity index (χ2n) is 2.61. The van der Waals surface area contributed by atoms with Gasteiger partial charge in [0.25, 0.3) is 0 Å². The third-order valence-electron chi connectivity index (χ3n) is 1.75. The van der Waals surface area contributed by atoms with Gasteiger partial charge in [0.15, 0.2) is 0 Å².